The molecule has 1 saturated heterocycles. The van der Waals surface area contributed by atoms with Crippen molar-refractivity contribution in [2.24, 2.45) is 5.73 Å². The van der Waals surface area contributed by atoms with Gasteiger partial charge in [-0.1, -0.05) is 0 Å². The topological polar surface area (TPSA) is 64.3 Å². The van der Waals surface area contributed by atoms with Gasteiger partial charge in [0.25, 0.3) is 0 Å². The normalized spacial score (nSPS) is 23.9. The van der Waals surface area contributed by atoms with E-state index in [2.05, 4.69) is 14.9 Å². The molecule has 92 valence electrons. The van der Waals surface area contributed by atoms with Gasteiger partial charge in [0.1, 0.15) is 0 Å². The summed E-state index contributed by atoms with van der Waals surface area (Å²) in [5, 5.41) is 0. The van der Waals surface area contributed by atoms with Crippen molar-refractivity contribution in [1.82, 2.24) is 9.97 Å². The predicted octanol–water partition coefficient (Wildman–Crippen LogP) is 0.743. The Bertz CT molecular complexity index is 435. The molecule has 2 aliphatic heterocycles. The summed E-state index contributed by atoms with van der Waals surface area (Å²) in [5.74, 6) is 0.821. The first kappa shape index (κ1) is 10.9. The first-order chi connectivity index (χ1) is 8.24. The second-order valence-corrected chi connectivity index (χ2v) is 4.88. The molecule has 0 radical (unpaired) electrons. The standard InChI is InChI=1S/C12H18N4O/c1-8-10-6-17-7-11(10)15-12(14-8)16-4-2-3-9(13)5-16/h9H,2-7,13H2,1H3. The van der Waals surface area contributed by atoms with Crippen molar-refractivity contribution in [2.75, 3.05) is 18.0 Å². The Morgan fingerprint density at radius 2 is 2.24 bits per heavy atom. The van der Waals surface area contributed by atoms with Crippen molar-refractivity contribution in [3.05, 3.63) is 17.0 Å². The summed E-state index contributed by atoms with van der Waals surface area (Å²) in [6.07, 6.45) is 2.22. The molecule has 0 aromatic carbocycles. The van der Waals surface area contributed by atoms with Crippen LogP contribution >= 0.6 is 0 Å². The van der Waals surface area contributed by atoms with Crippen molar-refractivity contribution < 1.29 is 4.74 Å². The zero-order valence-corrected chi connectivity index (χ0v) is 10.1. The average Bonchev–Trinajstić information content (AvgIpc) is 2.77. The summed E-state index contributed by atoms with van der Waals surface area (Å²) in [4.78, 5) is 11.4. The van der Waals surface area contributed by atoms with Crippen LogP contribution in [0.5, 0.6) is 0 Å². The largest absolute Gasteiger partial charge is 0.370 e. The Labute approximate surface area is 101 Å². The number of piperidine rings is 1. The first-order valence-corrected chi connectivity index (χ1v) is 6.18. The fraction of sp³-hybridized carbons (Fsp3) is 0.667. The van der Waals surface area contributed by atoms with Crippen LogP contribution in [0, 0.1) is 6.92 Å². The molecule has 5 heteroatoms. The molecule has 3 heterocycles. The maximum atomic E-state index is 5.99. The lowest BCUT2D eigenvalue weighted by atomic mass is 10.1. The number of ether oxygens (including phenoxy) is 1. The smallest absolute Gasteiger partial charge is 0.225 e. The lowest BCUT2D eigenvalue weighted by Gasteiger charge is -2.31. The molecule has 5 nitrogen and oxygen atoms in total. The van der Waals surface area contributed by atoms with Crippen LogP contribution in [0.15, 0.2) is 0 Å². The highest BCUT2D eigenvalue weighted by Gasteiger charge is 2.23. The number of anilines is 1. The molecule has 17 heavy (non-hydrogen) atoms. The van der Waals surface area contributed by atoms with Crippen molar-refractivity contribution in [2.45, 2.75) is 39.0 Å². The molecule has 1 unspecified atom stereocenters. The quantitative estimate of drug-likeness (QED) is 0.776. The number of hydrogen-bond acceptors (Lipinski definition) is 5. The highest BCUT2D eigenvalue weighted by atomic mass is 16.5. The number of fused-ring (bicyclic) bond motifs is 1. The van der Waals surface area contributed by atoms with Gasteiger partial charge in [0.2, 0.25) is 5.95 Å². The van der Waals surface area contributed by atoms with Gasteiger partial charge < -0.3 is 15.4 Å². The van der Waals surface area contributed by atoms with Crippen LogP contribution in [0.25, 0.3) is 0 Å². The van der Waals surface area contributed by atoms with Gasteiger partial charge in [-0.25, -0.2) is 9.97 Å². The molecule has 1 aromatic heterocycles. The number of aryl methyl sites for hydroxylation is 1. The summed E-state index contributed by atoms with van der Waals surface area (Å²) in [6.45, 7) is 5.17. The van der Waals surface area contributed by atoms with E-state index in [1.807, 2.05) is 6.92 Å². The molecule has 0 spiro atoms. The van der Waals surface area contributed by atoms with Gasteiger partial charge in [0.05, 0.1) is 18.9 Å². The maximum Gasteiger partial charge on any atom is 0.225 e. The summed E-state index contributed by atoms with van der Waals surface area (Å²) < 4.78 is 5.41. The van der Waals surface area contributed by atoms with Crippen molar-refractivity contribution in [1.29, 1.82) is 0 Å². The average molecular weight is 234 g/mol. The monoisotopic (exact) mass is 234 g/mol. The molecule has 1 fully saturated rings. The lowest BCUT2D eigenvalue weighted by molar-refractivity contribution is 0.133. The zero-order valence-electron chi connectivity index (χ0n) is 10.1. The number of hydrogen-bond donors (Lipinski definition) is 1. The van der Waals surface area contributed by atoms with Crippen molar-refractivity contribution >= 4 is 5.95 Å². The minimum absolute atomic E-state index is 0.247. The molecule has 0 amide bonds. The van der Waals surface area contributed by atoms with Crippen LogP contribution in [0.2, 0.25) is 0 Å². The van der Waals surface area contributed by atoms with E-state index in [0.29, 0.717) is 13.2 Å². The van der Waals surface area contributed by atoms with E-state index in [-0.39, 0.29) is 6.04 Å². The van der Waals surface area contributed by atoms with E-state index in [1.54, 1.807) is 0 Å². The second kappa shape index (κ2) is 4.23. The van der Waals surface area contributed by atoms with E-state index >= 15 is 0 Å². The number of rotatable bonds is 1. The summed E-state index contributed by atoms with van der Waals surface area (Å²) in [7, 11) is 0. The molecular formula is C12H18N4O. The SMILES string of the molecule is Cc1nc(N2CCCC(N)C2)nc2c1COC2. The Morgan fingerprint density at radius 1 is 1.35 bits per heavy atom. The molecular weight excluding hydrogens is 216 g/mol. The van der Waals surface area contributed by atoms with Crippen LogP contribution in [0.4, 0.5) is 5.95 Å². The van der Waals surface area contributed by atoms with Gasteiger partial charge in [-0.15, -0.1) is 0 Å². The third kappa shape index (κ3) is 2.00. The van der Waals surface area contributed by atoms with E-state index in [1.165, 1.54) is 0 Å². The molecule has 2 N–H and O–H groups in total. The molecule has 1 aromatic rings. The van der Waals surface area contributed by atoms with E-state index in [9.17, 15) is 0 Å². The summed E-state index contributed by atoms with van der Waals surface area (Å²) >= 11 is 0. The Balaban J connectivity index is 1.90. The first-order valence-electron chi connectivity index (χ1n) is 6.18. The highest BCUT2D eigenvalue weighted by molar-refractivity contribution is 5.38. The second-order valence-electron chi connectivity index (χ2n) is 4.88. The molecule has 1 atom stereocenters. The van der Waals surface area contributed by atoms with E-state index in [0.717, 1.165) is 48.8 Å². The number of nitrogens with two attached hydrogens (primary N) is 1. The van der Waals surface area contributed by atoms with Gasteiger partial charge in [0.15, 0.2) is 0 Å². The van der Waals surface area contributed by atoms with Crippen LogP contribution in [-0.2, 0) is 18.0 Å². The van der Waals surface area contributed by atoms with Gasteiger partial charge in [-0.05, 0) is 19.8 Å². The van der Waals surface area contributed by atoms with Crippen LogP contribution < -0.4 is 10.6 Å². The lowest BCUT2D eigenvalue weighted by Crippen LogP contribution is -2.43. The molecule has 3 rings (SSSR count). The van der Waals surface area contributed by atoms with Gasteiger partial charge in [-0.3, -0.25) is 0 Å². The third-order valence-corrected chi connectivity index (χ3v) is 3.51. The Morgan fingerprint density at radius 3 is 3.06 bits per heavy atom. The van der Waals surface area contributed by atoms with E-state index < -0.39 is 0 Å². The zero-order chi connectivity index (χ0) is 11.8. The Hall–Kier alpha value is -1.20. The minimum Gasteiger partial charge on any atom is -0.370 e. The molecule has 2 aliphatic rings. The Kier molecular flexibility index (Phi) is 2.72. The van der Waals surface area contributed by atoms with Gasteiger partial charge >= 0.3 is 0 Å². The fourth-order valence-electron chi connectivity index (χ4n) is 2.53. The molecule has 0 bridgehead atoms. The van der Waals surface area contributed by atoms with Crippen molar-refractivity contribution in [3.8, 4) is 0 Å². The molecule has 0 aliphatic carbocycles. The number of aromatic nitrogens is 2. The summed E-state index contributed by atoms with van der Waals surface area (Å²) in [5.41, 5.74) is 9.24. The molecule has 0 saturated carbocycles. The van der Waals surface area contributed by atoms with Crippen LogP contribution in [0.1, 0.15) is 29.8 Å². The van der Waals surface area contributed by atoms with Crippen LogP contribution in [-0.4, -0.2) is 29.1 Å². The van der Waals surface area contributed by atoms with Gasteiger partial charge in [0, 0.05) is 30.4 Å². The fourth-order valence-corrected chi connectivity index (χ4v) is 2.53. The maximum absolute atomic E-state index is 5.99. The van der Waals surface area contributed by atoms with Gasteiger partial charge in [-0.2, -0.15) is 0 Å². The summed E-state index contributed by atoms with van der Waals surface area (Å²) in [6, 6.07) is 0.247. The van der Waals surface area contributed by atoms with Crippen LogP contribution in [0.3, 0.4) is 0 Å². The highest BCUT2D eigenvalue weighted by Crippen LogP contribution is 2.24. The van der Waals surface area contributed by atoms with Crippen molar-refractivity contribution in [3.63, 3.8) is 0 Å². The minimum atomic E-state index is 0.247. The predicted molar refractivity (Wildman–Crippen MR) is 64.7 cm³/mol. The van der Waals surface area contributed by atoms with E-state index in [4.69, 9.17) is 10.5 Å². The third-order valence-electron chi connectivity index (χ3n) is 3.51. The number of nitrogens with zero attached hydrogens (tertiary/aromatic N) is 3.